The van der Waals surface area contributed by atoms with Gasteiger partial charge < -0.3 is 15.4 Å². The van der Waals surface area contributed by atoms with Gasteiger partial charge in [-0.1, -0.05) is 26.7 Å². The van der Waals surface area contributed by atoms with Crippen molar-refractivity contribution in [3.63, 3.8) is 0 Å². The number of hydrogen-bond donors (Lipinski definition) is 2. The molecule has 0 spiro atoms. The third-order valence-corrected chi connectivity index (χ3v) is 2.87. The van der Waals surface area contributed by atoms with Crippen LogP contribution in [0, 0.1) is 0 Å². The van der Waals surface area contributed by atoms with Crippen molar-refractivity contribution in [3.05, 3.63) is 0 Å². The number of nitrogens with one attached hydrogen (secondary N) is 2. The molecule has 1 amide bonds. The van der Waals surface area contributed by atoms with Gasteiger partial charge in [-0.3, -0.25) is 4.79 Å². The fourth-order valence-electron chi connectivity index (χ4n) is 1.79. The molecule has 0 aliphatic rings. The Balaban J connectivity index is 3.14. The van der Waals surface area contributed by atoms with Crippen molar-refractivity contribution in [2.45, 2.75) is 65.3 Å². The maximum absolute atomic E-state index is 11.4. The summed E-state index contributed by atoms with van der Waals surface area (Å²) in [4.78, 5) is 11.4. The van der Waals surface area contributed by atoms with Crippen LogP contribution in [0.25, 0.3) is 0 Å². The highest BCUT2D eigenvalue weighted by Crippen LogP contribution is 1.98. The fourth-order valence-corrected chi connectivity index (χ4v) is 1.79. The highest BCUT2D eigenvalue weighted by atomic mass is 16.5. The quantitative estimate of drug-likeness (QED) is 0.506. The molecule has 0 atom stereocenters. The van der Waals surface area contributed by atoms with Crippen molar-refractivity contribution in [2.24, 2.45) is 0 Å². The van der Waals surface area contributed by atoms with Gasteiger partial charge in [0.1, 0.15) is 0 Å². The first-order chi connectivity index (χ1) is 9.16. The fraction of sp³-hybridized carbons (Fsp3) is 0.933. The van der Waals surface area contributed by atoms with Crippen molar-refractivity contribution in [2.75, 3.05) is 26.3 Å². The maximum atomic E-state index is 11.4. The smallest absolute Gasteiger partial charge is 0.220 e. The molecule has 0 unspecified atom stereocenters. The Morgan fingerprint density at radius 3 is 2.37 bits per heavy atom. The number of carbonyl (C=O) groups excluding carboxylic acids is 1. The molecule has 0 bridgehead atoms. The summed E-state index contributed by atoms with van der Waals surface area (Å²) in [5.41, 5.74) is 0. The largest absolute Gasteiger partial charge is 0.382 e. The van der Waals surface area contributed by atoms with Gasteiger partial charge in [-0.2, -0.15) is 0 Å². The molecule has 19 heavy (non-hydrogen) atoms. The van der Waals surface area contributed by atoms with Crippen molar-refractivity contribution in [3.8, 4) is 0 Å². The van der Waals surface area contributed by atoms with E-state index >= 15 is 0 Å². The van der Waals surface area contributed by atoms with E-state index in [1.54, 1.807) is 0 Å². The van der Waals surface area contributed by atoms with Gasteiger partial charge in [0.2, 0.25) is 5.91 Å². The van der Waals surface area contributed by atoms with E-state index in [1.165, 1.54) is 19.3 Å². The number of rotatable bonds is 13. The summed E-state index contributed by atoms with van der Waals surface area (Å²) in [6.07, 6.45) is 6.14. The molecule has 0 saturated carbocycles. The van der Waals surface area contributed by atoms with Crippen LogP contribution in [0.4, 0.5) is 0 Å². The van der Waals surface area contributed by atoms with E-state index in [0.717, 1.165) is 32.5 Å². The number of carbonyl (C=O) groups is 1. The van der Waals surface area contributed by atoms with Gasteiger partial charge in [-0.25, -0.2) is 0 Å². The zero-order valence-electron chi connectivity index (χ0n) is 13.0. The van der Waals surface area contributed by atoms with E-state index in [2.05, 4.69) is 24.5 Å². The predicted molar refractivity (Wildman–Crippen MR) is 80.3 cm³/mol. The van der Waals surface area contributed by atoms with E-state index in [1.807, 2.05) is 6.92 Å². The first kappa shape index (κ1) is 18.4. The molecule has 0 rings (SSSR count). The molecule has 0 aromatic heterocycles. The summed E-state index contributed by atoms with van der Waals surface area (Å²) < 4.78 is 5.20. The van der Waals surface area contributed by atoms with E-state index in [9.17, 15) is 4.79 Å². The summed E-state index contributed by atoms with van der Waals surface area (Å²) in [5, 5.41) is 6.37. The van der Waals surface area contributed by atoms with Crippen LogP contribution in [0.5, 0.6) is 0 Å². The lowest BCUT2D eigenvalue weighted by Crippen LogP contribution is -2.25. The average molecular weight is 272 g/mol. The van der Waals surface area contributed by atoms with Gasteiger partial charge in [0.15, 0.2) is 0 Å². The lowest BCUT2D eigenvalue weighted by Gasteiger charge is -2.08. The normalized spacial score (nSPS) is 10.9. The first-order valence-electron chi connectivity index (χ1n) is 7.74. The Kier molecular flexibility index (Phi) is 13.4. The number of amides is 1. The number of hydrogen-bond acceptors (Lipinski definition) is 3. The molecule has 4 heteroatoms. The van der Waals surface area contributed by atoms with Crippen molar-refractivity contribution >= 4 is 5.91 Å². The first-order valence-corrected chi connectivity index (χ1v) is 7.74. The molecule has 114 valence electrons. The Morgan fingerprint density at radius 2 is 1.74 bits per heavy atom. The van der Waals surface area contributed by atoms with Gasteiger partial charge in [0.05, 0.1) is 0 Å². The number of ether oxygens (including phenoxy) is 1. The molecule has 0 fully saturated rings. The summed E-state index contributed by atoms with van der Waals surface area (Å²) in [5.74, 6) is 0.154. The minimum absolute atomic E-state index is 0.154. The van der Waals surface area contributed by atoms with Crippen LogP contribution in [0.15, 0.2) is 0 Å². The molecule has 0 heterocycles. The molecule has 2 N–H and O–H groups in total. The SMILES string of the molecule is CCOCCCC(=O)NCCCCCCNC(C)C. The summed E-state index contributed by atoms with van der Waals surface area (Å²) in [6, 6.07) is 0.580. The van der Waals surface area contributed by atoms with E-state index < -0.39 is 0 Å². The molecule has 0 radical (unpaired) electrons. The van der Waals surface area contributed by atoms with Gasteiger partial charge in [0, 0.05) is 32.2 Å². The standard InChI is InChI=1S/C15H32N2O2/c1-4-19-13-9-10-15(18)17-12-8-6-5-7-11-16-14(2)3/h14,16H,4-13H2,1-3H3,(H,17,18). The minimum atomic E-state index is 0.154. The highest BCUT2D eigenvalue weighted by Gasteiger charge is 2.00. The molecule has 0 aromatic rings. The van der Waals surface area contributed by atoms with Crippen molar-refractivity contribution in [1.29, 1.82) is 0 Å². The Morgan fingerprint density at radius 1 is 1.05 bits per heavy atom. The van der Waals surface area contributed by atoms with Crippen LogP contribution in [-0.4, -0.2) is 38.3 Å². The molecular weight excluding hydrogens is 240 g/mol. The highest BCUT2D eigenvalue weighted by molar-refractivity contribution is 5.75. The summed E-state index contributed by atoms with van der Waals surface area (Å²) in [7, 11) is 0. The van der Waals surface area contributed by atoms with Gasteiger partial charge in [-0.05, 0) is 32.7 Å². The van der Waals surface area contributed by atoms with Crippen molar-refractivity contribution < 1.29 is 9.53 Å². The second-order valence-corrected chi connectivity index (χ2v) is 5.17. The molecule has 0 aliphatic heterocycles. The maximum Gasteiger partial charge on any atom is 0.220 e. The second kappa shape index (κ2) is 13.8. The third kappa shape index (κ3) is 15.3. The van der Waals surface area contributed by atoms with Crippen LogP contribution in [-0.2, 0) is 9.53 Å². The average Bonchev–Trinajstić information content (AvgIpc) is 2.37. The molecular formula is C15H32N2O2. The van der Waals surface area contributed by atoms with E-state index in [-0.39, 0.29) is 5.91 Å². The Hall–Kier alpha value is -0.610. The summed E-state index contributed by atoms with van der Waals surface area (Å²) >= 11 is 0. The third-order valence-electron chi connectivity index (χ3n) is 2.87. The zero-order valence-corrected chi connectivity index (χ0v) is 13.0. The van der Waals surface area contributed by atoms with Crippen molar-refractivity contribution in [1.82, 2.24) is 10.6 Å². The van der Waals surface area contributed by atoms with E-state index in [4.69, 9.17) is 4.74 Å². The van der Waals surface area contributed by atoms with Crippen LogP contribution in [0.3, 0.4) is 0 Å². The summed E-state index contributed by atoms with van der Waals surface area (Å²) in [6.45, 7) is 9.63. The lowest BCUT2D eigenvalue weighted by atomic mass is 10.2. The molecule has 0 aliphatic carbocycles. The van der Waals surface area contributed by atoms with Crippen LogP contribution in [0.1, 0.15) is 59.3 Å². The van der Waals surface area contributed by atoms with Crippen LogP contribution < -0.4 is 10.6 Å². The molecule has 0 saturated heterocycles. The second-order valence-electron chi connectivity index (χ2n) is 5.17. The number of unbranched alkanes of at least 4 members (excludes halogenated alkanes) is 3. The van der Waals surface area contributed by atoms with Crippen LogP contribution >= 0.6 is 0 Å². The minimum Gasteiger partial charge on any atom is -0.382 e. The Bertz CT molecular complexity index is 208. The van der Waals surface area contributed by atoms with Gasteiger partial charge >= 0.3 is 0 Å². The molecule has 4 nitrogen and oxygen atoms in total. The Labute approximate surface area is 118 Å². The topological polar surface area (TPSA) is 50.4 Å². The lowest BCUT2D eigenvalue weighted by molar-refractivity contribution is -0.121. The zero-order chi connectivity index (χ0) is 14.3. The monoisotopic (exact) mass is 272 g/mol. The van der Waals surface area contributed by atoms with Gasteiger partial charge in [-0.15, -0.1) is 0 Å². The van der Waals surface area contributed by atoms with E-state index in [0.29, 0.717) is 19.1 Å². The van der Waals surface area contributed by atoms with Gasteiger partial charge in [0.25, 0.3) is 0 Å². The molecule has 0 aromatic carbocycles. The van der Waals surface area contributed by atoms with Crippen LogP contribution in [0.2, 0.25) is 0 Å². The predicted octanol–water partition coefficient (Wildman–Crippen LogP) is 2.48.